The maximum absolute atomic E-state index is 12.6. The summed E-state index contributed by atoms with van der Waals surface area (Å²) < 4.78 is 42.0. The van der Waals surface area contributed by atoms with E-state index in [1.54, 1.807) is 6.07 Å². The lowest BCUT2D eigenvalue weighted by molar-refractivity contribution is -0.384. The smallest absolute Gasteiger partial charge is 0.405 e. The van der Waals surface area contributed by atoms with Crippen LogP contribution in [-0.4, -0.2) is 51.8 Å². The highest BCUT2D eigenvalue weighted by Crippen LogP contribution is 2.31. The third-order valence-electron chi connectivity index (χ3n) is 6.22. The highest BCUT2D eigenvalue weighted by molar-refractivity contribution is 5.57. The van der Waals surface area contributed by atoms with Crippen LogP contribution in [0.25, 0.3) is 0 Å². The molecule has 1 aliphatic carbocycles. The van der Waals surface area contributed by atoms with Gasteiger partial charge in [0.15, 0.2) is 0 Å². The standard InChI is InChI=1S/C22H26F3N6O3/c23-22(24,25)34-19-5-2-1-4-16(19)13-27-21-28-14-18(31(32)33)20(29-21)26-12-15-6-8-17(9-7-15)30-10-3-11-30/h1-5,14-15,17H,6-13H2,(H2,26,27,28,29). The Morgan fingerprint density at radius 3 is 2.53 bits per heavy atom. The fourth-order valence-electron chi connectivity index (χ4n) is 4.30. The van der Waals surface area contributed by atoms with Gasteiger partial charge in [0.1, 0.15) is 11.9 Å². The number of nitrogens with one attached hydrogen (secondary N) is 2. The van der Waals surface area contributed by atoms with Gasteiger partial charge in [-0.05, 0) is 44.1 Å². The van der Waals surface area contributed by atoms with Crippen molar-refractivity contribution in [1.82, 2.24) is 14.9 Å². The highest BCUT2D eigenvalue weighted by Gasteiger charge is 2.32. The second-order valence-electron chi connectivity index (χ2n) is 8.49. The Morgan fingerprint density at radius 2 is 1.88 bits per heavy atom. The maximum Gasteiger partial charge on any atom is 0.573 e. The van der Waals surface area contributed by atoms with E-state index < -0.39 is 11.3 Å². The predicted octanol–water partition coefficient (Wildman–Crippen LogP) is 4.39. The van der Waals surface area contributed by atoms with E-state index in [4.69, 9.17) is 0 Å². The summed E-state index contributed by atoms with van der Waals surface area (Å²) in [7, 11) is 0. The summed E-state index contributed by atoms with van der Waals surface area (Å²) in [6.07, 6.45) is 2.82. The van der Waals surface area contributed by atoms with E-state index in [1.807, 2.05) is 0 Å². The molecule has 9 nitrogen and oxygen atoms in total. The number of hydrogen-bond acceptors (Lipinski definition) is 8. The van der Waals surface area contributed by atoms with Crippen LogP contribution in [-0.2, 0) is 6.54 Å². The number of likely N-dealkylation sites (tertiary alicyclic amines) is 1. The van der Waals surface area contributed by atoms with Gasteiger partial charge in [-0.15, -0.1) is 13.2 Å². The average Bonchev–Trinajstić information content (AvgIpc) is 2.76. The van der Waals surface area contributed by atoms with Crippen molar-refractivity contribution in [2.24, 2.45) is 5.92 Å². The summed E-state index contributed by atoms with van der Waals surface area (Å²) in [5.41, 5.74) is -0.0102. The number of anilines is 2. The molecule has 34 heavy (non-hydrogen) atoms. The number of hydrogen-bond donors (Lipinski definition) is 2. The Labute approximate surface area is 194 Å². The number of alkyl halides is 3. The molecule has 12 heteroatoms. The minimum Gasteiger partial charge on any atom is -0.405 e. The zero-order chi connectivity index (χ0) is 24.1. The van der Waals surface area contributed by atoms with E-state index in [9.17, 15) is 23.3 Å². The molecule has 0 bridgehead atoms. The van der Waals surface area contributed by atoms with Gasteiger partial charge in [-0.1, -0.05) is 18.2 Å². The Bertz CT molecular complexity index is 994. The first-order valence-corrected chi connectivity index (χ1v) is 11.2. The second-order valence-corrected chi connectivity index (χ2v) is 8.49. The molecule has 1 saturated heterocycles. The Balaban J connectivity index is 1.37. The van der Waals surface area contributed by atoms with Crippen molar-refractivity contribution in [3.8, 4) is 5.75 Å². The van der Waals surface area contributed by atoms with Crippen molar-refractivity contribution in [3.63, 3.8) is 0 Å². The van der Waals surface area contributed by atoms with Crippen molar-refractivity contribution in [2.45, 2.75) is 44.6 Å². The molecule has 2 aromatic rings. The number of nitrogens with zero attached hydrogens (tertiary/aromatic N) is 4. The number of halogens is 3. The molecule has 2 heterocycles. The zero-order valence-corrected chi connectivity index (χ0v) is 18.4. The molecule has 2 N–H and O–H groups in total. The van der Waals surface area contributed by atoms with Crippen molar-refractivity contribution in [1.29, 1.82) is 0 Å². The third-order valence-corrected chi connectivity index (χ3v) is 6.22. The molecule has 2 fully saturated rings. The summed E-state index contributed by atoms with van der Waals surface area (Å²) in [5.74, 6) is 0.197. The molecule has 0 unspecified atom stereocenters. The van der Waals surface area contributed by atoms with Crippen LogP contribution < -0.4 is 15.4 Å². The first-order valence-electron chi connectivity index (χ1n) is 11.2. The van der Waals surface area contributed by atoms with Crippen LogP contribution >= 0.6 is 0 Å². The molecule has 1 saturated carbocycles. The van der Waals surface area contributed by atoms with E-state index in [-0.39, 0.29) is 35.3 Å². The first-order chi connectivity index (χ1) is 16.3. The van der Waals surface area contributed by atoms with Gasteiger partial charge < -0.3 is 15.4 Å². The van der Waals surface area contributed by atoms with Crippen molar-refractivity contribution >= 4 is 17.5 Å². The minimum absolute atomic E-state index is 0.0541. The van der Waals surface area contributed by atoms with Crippen LogP contribution in [0.1, 0.15) is 31.2 Å². The Kier molecular flexibility index (Phi) is 7.35. The molecule has 2 aliphatic rings. The summed E-state index contributed by atoms with van der Waals surface area (Å²) in [6.45, 7) is 2.62. The van der Waals surface area contributed by atoms with Crippen LogP contribution in [0.15, 0.2) is 30.5 Å². The quantitative estimate of drug-likeness (QED) is 0.403. The topological polar surface area (TPSA) is 105 Å². The van der Waals surface area contributed by atoms with Gasteiger partial charge in [-0.25, -0.2) is 4.98 Å². The molecule has 4 rings (SSSR count). The maximum atomic E-state index is 12.6. The van der Waals surface area contributed by atoms with E-state index in [0.717, 1.165) is 45.0 Å². The van der Waals surface area contributed by atoms with Crippen LogP contribution in [0.3, 0.4) is 0 Å². The van der Waals surface area contributed by atoms with Gasteiger partial charge >= 0.3 is 12.0 Å². The van der Waals surface area contributed by atoms with Gasteiger partial charge in [0, 0.05) is 37.8 Å². The SMILES string of the molecule is O=[N+]([O-])c1cnc(NCc2ccccc2OC(F)(F)F)nc1NCC1CCC(N2C[CH]C2)CC1. The molecule has 183 valence electrons. The number of rotatable bonds is 9. The van der Waals surface area contributed by atoms with E-state index in [1.165, 1.54) is 18.2 Å². The fourth-order valence-corrected chi connectivity index (χ4v) is 4.30. The molecular weight excluding hydrogens is 453 g/mol. The van der Waals surface area contributed by atoms with Crippen LogP contribution in [0.2, 0.25) is 0 Å². The highest BCUT2D eigenvalue weighted by atomic mass is 19.4. The van der Waals surface area contributed by atoms with Crippen LogP contribution in [0, 0.1) is 22.5 Å². The lowest BCUT2D eigenvalue weighted by Crippen LogP contribution is -2.47. The van der Waals surface area contributed by atoms with Gasteiger partial charge in [0.2, 0.25) is 11.8 Å². The number of nitro groups is 1. The number of ether oxygens (including phenoxy) is 1. The van der Waals surface area contributed by atoms with Crippen LogP contribution in [0.4, 0.5) is 30.6 Å². The largest absolute Gasteiger partial charge is 0.573 e. The summed E-state index contributed by atoms with van der Waals surface area (Å²) in [4.78, 5) is 21.5. The first kappa shape index (κ1) is 24.0. The Morgan fingerprint density at radius 1 is 1.15 bits per heavy atom. The predicted molar refractivity (Wildman–Crippen MR) is 119 cm³/mol. The summed E-state index contributed by atoms with van der Waals surface area (Å²) >= 11 is 0. The van der Waals surface area contributed by atoms with Crippen molar-refractivity contribution < 1.29 is 22.8 Å². The lowest BCUT2D eigenvalue weighted by Gasteiger charge is -2.41. The molecular formula is C22H26F3N6O3. The fraction of sp³-hybridized carbons (Fsp3) is 0.500. The second kappa shape index (κ2) is 10.4. The minimum atomic E-state index is -4.82. The average molecular weight is 479 g/mol. The van der Waals surface area contributed by atoms with Gasteiger partial charge in [0.05, 0.1) is 4.92 Å². The Hall–Kier alpha value is -3.15. The molecule has 1 aromatic carbocycles. The monoisotopic (exact) mass is 479 g/mol. The van der Waals surface area contributed by atoms with Gasteiger partial charge in [0.25, 0.3) is 0 Å². The van der Waals surface area contributed by atoms with Gasteiger partial charge in [-0.2, -0.15) is 4.98 Å². The number of aromatic nitrogens is 2. The van der Waals surface area contributed by atoms with E-state index >= 15 is 0 Å². The number of para-hydroxylation sites is 1. The summed E-state index contributed by atoms with van der Waals surface area (Å²) in [5, 5.41) is 17.3. The zero-order valence-electron chi connectivity index (χ0n) is 18.4. The van der Waals surface area contributed by atoms with E-state index in [2.05, 4.69) is 36.7 Å². The molecule has 0 atom stereocenters. The molecule has 1 aromatic heterocycles. The lowest BCUT2D eigenvalue weighted by atomic mass is 9.84. The molecule has 1 radical (unpaired) electrons. The third kappa shape index (κ3) is 6.25. The normalized spacial score (nSPS) is 20.9. The molecule has 0 amide bonds. The summed E-state index contributed by atoms with van der Waals surface area (Å²) in [6, 6.07) is 6.33. The van der Waals surface area contributed by atoms with Crippen LogP contribution in [0.5, 0.6) is 5.75 Å². The molecule has 0 spiro atoms. The van der Waals surface area contributed by atoms with E-state index in [0.29, 0.717) is 18.5 Å². The number of benzene rings is 1. The molecule has 1 aliphatic heterocycles. The van der Waals surface area contributed by atoms with Crippen molar-refractivity contribution in [3.05, 3.63) is 52.6 Å². The van der Waals surface area contributed by atoms with Gasteiger partial charge in [-0.3, -0.25) is 15.0 Å². The van der Waals surface area contributed by atoms with Crippen molar-refractivity contribution in [2.75, 3.05) is 30.3 Å².